The summed E-state index contributed by atoms with van der Waals surface area (Å²) in [6, 6.07) is 8.97. The van der Waals surface area contributed by atoms with Crippen molar-refractivity contribution in [2.45, 2.75) is 62.2 Å². The van der Waals surface area contributed by atoms with E-state index in [0.29, 0.717) is 46.8 Å². The van der Waals surface area contributed by atoms with Gasteiger partial charge in [0.15, 0.2) is 5.82 Å². The van der Waals surface area contributed by atoms with Gasteiger partial charge in [-0.15, -0.1) is 0 Å². The molecule has 0 spiro atoms. The summed E-state index contributed by atoms with van der Waals surface area (Å²) in [5, 5.41) is 5.15. The van der Waals surface area contributed by atoms with Crippen molar-refractivity contribution in [2.75, 3.05) is 37.7 Å². The Labute approximate surface area is 252 Å². The first-order chi connectivity index (χ1) is 21.0. The van der Waals surface area contributed by atoms with Crippen LogP contribution < -0.4 is 19.7 Å². The lowest BCUT2D eigenvalue weighted by molar-refractivity contribution is 0.108. The van der Waals surface area contributed by atoms with E-state index < -0.39 is 11.6 Å². The number of benzene rings is 2. The minimum absolute atomic E-state index is 0.00487. The van der Waals surface area contributed by atoms with Crippen molar-refractivity contribution < 1.29 is 18.3 Å². The number of piperazine rings is 1. The molecule has 4 aromatic rings. The van der Waals surface area contributed by atoms with Gasteiger partial charge in [-0.2, -0.15) is 9.97 Å². The first-order valence-electron chi connectivity index (χ1n) is 15.3. The van der Waals surface area contributed by atoms with E-state index in [4.69, 9.17) is 36.0 Å². The lowest BCUT2D eigenvalue weighted by atomic mass is 9.95. The molecule has 8 nitrogen and oxygen atoms in total. The molecular weight excluding hydrogens is 574 g/mol. The maximum atomic E-state index is 16.9. The van der Waals surface area contributed by atoms with E-state index in [1.807, 2.05) is 6.07 Å². The number of pyridine rings is 1. The third kappa shape index (κ3) is 3.88. The third-order valence-electron chi connectivity index (χ3n) is 10.4. The van der Waals surface area contributed by atoms with Gasteiger partial charge in [-0.3, -0.25) is 4.90 Å². The molecule has 3 atom stereocenters. The van der Waals surface area contributed by atoms with E-state index in [0.717, 1.165) is 58.2 Å². The maximum Gasteiger partial charge on any atom is 0.319 e. The number of fused-ring (bicyclic) bond motifs is 7. The molecule has 0 radical (unpaired) electrons. The number of hydrogen-bond donors (Lipinski definition) is 1. The molecule has 2 aromatic heterocycles. The summed E-state index contributed by atoms with van der Waals surface area (Å²) in [5.41, 5.74) is 0.455. The minimum Gasteiger partial charge on any atom is -0.475 e. The highest BCUT2D eigenvalue weighted by atomic mass is 35.5. The number of ether oxygens (including phenoxy) is 2. The molecule has 0 amide bonds. The fourth-order valence-corrected chi connectivity index (χ4v) is 8.60. The predicted molar refractivity (Wildman–Crippen MR) is 160 cm³/mol. The summed E-state index contributed by atoms with van der Waals surface area (Å²) < 4.78 is 44.3. The van der Waals surface area contributed by atoms with E-state index in [1.54, 1.807) is 18.2 Å². The Morgan fingerprint density at radius 1 is 1.05 bits per heavy atom. The van der Waals surface area contributed by atoms with Gasteiger partial charge < -0.3 is 19.7 Å². The normalized spacial score (nSPS) is 25.6. The fraction of sp³-hybridized carbons (Fsp3) is 0.469. The summed E-state index contributed by atoms with van der Waals surface area (Å²) in [7, 11) is 0. The van der Waals surface area contributed by atoms with Crippen LogP contribution in [0.25, 0.3) is 32.9 Å². The molecule has 2 aromatic carbocycles. The standard InChI is InChI=1S/C32H31ClF2N6O2/c33-25-20(34)8-6-17-4-1-5-19(23(17)25)27-26(35)28-24-29(39-31(38-28)43-16-32-10-2-12-40(32)13-3-11-32)41-14-18-7-9-21(36-18)22(41)15-42-30(24)37-27/h1,4-6,8,18,21-22,36H,2-3,7,9-16H2/t18-,21+,22?/m0/s1. The topological polar surface area (TPSA) is 75.6 Å². The highest BCUT2D eigenvalue weighted by molar-refractivity contribution is 6.36. The Bertz CT molecular complexity index is 1800. The van der Waals surface area contributed by atoms with Crippen LogP contribution in [0.5, 0.6) is 11.9 Å². The molecule has 0 aliphatic carbocycles. The molecule has 1 N–H and O–H groups in total. The third-order valence-corrected chi connectivity index (χ3v) is 10.8. The highest BCUT2D eigenvalue weighted by Crippen LogP contribution is 2.45. The number of halogens is 3. The SMILES string of the molecule is Fc1ccc2cccc(-c3nc4c5c(nc(OCC67CCCN6CCC7)nc5c3F)N3C[C@@H]5CC[C@@H](N5)C3CO4)c2c1Cl. The van der Waals surface area contributed by atoms with Crippen LogP contribution in [0.4, 0.5) is 14.6 Å². The Balaban J connectivity index is 1.24. The molecule has 43 heavy (non-hydrogen) atoms. The molecule has 5 aliphatic heterocycles. The zero-order chi connectivity index (χ0) is 28.9. The van der Waals surface area contributed by atoms with Crippen LogP contribution in [-0.2, 0) is 0 Å². The Kier molecular flexibility index (Phi) is 5.81. The van der Waals surface area contributed by atoms with Crippen molar-refractivity contribution in [1.29, 1.82) is 0 Å². The largest absolute Gasteiger partial charge is 0.475 e. The van der Waals surface area contributed by atoms with Crippen molar-refractivity contribution in [3.63, 3.8) is 0 Å². The monoisotopic (exact) mass is 604 g/mol. The molecule has 222 valence electrons. The van der Waals surface area contributed by atoms with Gasteiger partial charge in [0.05, 0.1) is 16.6 Å². The van der Waals surface area contributed by atoms with Gasteiger partial charge >= 0.3 is 6.01 Å². The van der Waals surface area contributed by atoms with Crippen LogP contribution >= 0.6 is 11.6 Å². The average Bonchev–Trinajstić information content (AvgIpc) is 3.69. The van der Waals surface area contributed by atoms with Gasteiger partial charge in [0, 0.05) is 29.6 Å². The number of rotatable bonds is 4. The van der Waals surface area contributed by atoms with Gasteiger partial charge in [0.25, 0.3) is 0 Å². The van der Waals surface area contributed by atoms with Gasteiger partial charge in [0.1, 0.15) is 41.4 Å². The zero-order valence-electron chi connectivity index (χ0n) is 23.6. The molecule has 2 bridgehead atoms. The molecule has 9 rings (SSSR count). The molecule has 1 unspecified atom stereocenters. The van der Waals surface area contributed by atoms with Crippen LogP contribution in [0.15, 0.2) is 30.3 Å². The van der Waals surface area contributed by atoms with Crippen LogP contribution in [-0.4, -0.2) is 76.4 Å². The van der Waals surface area contributed by atoms with Crippen molar-refractivity contribution in [2.24, 2.45) is 0 Å². The Morgan fingerprint density at radius 2 is 1.91 bits per heavy atom. The minimum atomic E-state index is -0.637. The second-order valence-corrected chi connectivity index (χ2v) is 13.1. The first-order valence-corrected chi connectivity index (χ1v) is 15.7. The van der Waals surface area contributed by atoms with Crippen molar-refractivity contribution in [3.05, 3.63) is 47.0 Å². The molecule has 0 saturated carbocycles. The smallest absolute Gasteiger partial charge is 0.319 e. The van der Waals surface area contributed by atoms with Crippen LogP contribution in [0.3, 0.4) is 0 Å². The lowest BCUT2D eigenvalue weighted by Gasteiger charge is -2.40. The summed E-state index contributed by atoms with van der Waals surface area (Å²) in [6.45, 7) is 3.73. The van der Waals surface area contributed by atoms with Gasteiger partial charge in [0.2, 0.25) is 5.88 Å². The van der Waals surface area contributed by atoms with Crippen molar-refractivity contribution in [1.82, 2.24) is 25.2 Å². The molecule has 4 saturated heterocycles. The Hall–Kier alpha value is -3.34. The quantitative estimate of drug-likeness (QED) is 0.328. The summed E-state index contributed by atoms with van der Waals surface area (Å²) in [6.07, 6.45) is 6.57. The maximum absolute atomic E-state index is 16.9. The highest BCUT2D eigenvalue weighted by Gasteiger charge is 2.46. The molecule has 11 heteroatoms. The van der Waals surface area contributed by atoms with E-state index in [-0.39, 0.29) is 45.7 Å². The summed E-state index contributed by atoms with van der Waals surface area (Å²) >= 11 is 6.46. The van der Waals surface area contributed by atoms with E-state index in [2.05, 4.69) is 15.1 Å². The number of hydrogen-bond acceptors (Lipinski definition) is 8. The second kappa shape index (κ2) is 9.58. The second-order valence-electron chi connectivity index (χ2n) is 12.7. The number of anilines is 1. The molecule has 4 fully saturated rings. The van der Waals surface area contributed by atoms with Crippen LogP contribution in [0.2, 0.25) is 5.02 Å². The molecule has 5 aliphatic rings. The van der Waals surface area contributed by atoms with E-state index in [9.17, 15) is 4.39 Å². The lowest BCUT2D eigenvalue weighted by Crippen LogP contribution is -2.60. The van der Waals surface area contributed by atoms with Crippen molar-refractivity contribution in [3.8, 4) is 23.1 Å². The predicted octanol–water partition coefficient (Wildman–Crippen LogP) is 5.49. The number of nitrogens with zero attached hydrogens (tertiary/aromatic N) is 5. The number of aromatic nitrogens is 3. The van der Waals surface area contributed by atoms with Gasteiger partial charge in [-0.25, -0.2) is 13.8 Å². The van der Waals surface area contributed by atoms with E-state index in [1.165, 1.54) is 6.07 Å². The van der Waals surface area contributed by atoms with E-state index >= 15 is 4.39 Å². The number of nitrogens with one attached hydrogen (secondary N) is 1. The van der Waals surface area contributed by atoms with Crippen LogP contribution in [0.1, 0.15) is 38.5 Å². The van der Waals surface area contributed by atoms with Crippen molar-refractivity contribution >= 4 is 39.1 Å². The zero-order valence-corrected chi connectivity index (χ0v) is 24.3. The Morgan fingerprint density at radius 3 is 2.77 bits per heavy atom. The van der Waals surface area contributed by atoms with Gasteiger partial charge in [-0.1, -0.05) is 35.9 Å². The summed E-state index contributed by atoms with van der Waals surface area (Å²) in [4.78, 5) is 19.1. The van der Waals surface area contributed by atoms with Gasteiger partial charge in [-0.05, 0) is 63.1 Å². The molecule has 7 heterocycles. The molecular formula is C32H31ClF2N6O2. The fourth-order valence-electron chi connectivity index (χ4n) is 8.33. The summed E-state index contributed by atoms with van der Waals surface area (Å²) in [5.74, 6) is -0.354. The average molecular weight is 605 g/mol. The first kappa shape index (κ1) is 26.1. The van der Waals surface area contributed by atoms with Crippen LogP contribution in [0, 0.1) is 11.6 Å².